The predicted octanol–water partition coefficient (Wildman–Crippen LogP) is 3.93. The summed E-state index contributed by atoms with van der Waals surface area (Å²) >= 11 is 0. The largest absolute Gasteiger partial charge is 0.493 e. The van der Waals surface area contributed by atoms with Crippen molar-refractivity contribution in [3.63, 3.8) is 0 Å². The van der Waals surface area contributed by atoms with Crippen LogP contribution in [0.4, 0.5) is 11.4 Å². The molecular weight excluding hydrogens is 564 g/mol. The van der Waals surface area contributed by atoms with Gasteiger partial charge in [-0.1, -0.05) is 18.2 Å². The molecule has 0 unspecified atom stereocenters. The van der Waals surface area contributed by atoms with E-state index in [1.54, 1.807) is 37.2 Å². The first-order valence-electron chi connectivity index (χ1n) is 12.8. The van der Waals surface area contributed by atoms with E-state index in [2.05, 4.69) is 10.5 Å². The van der Waals surface area contributed by atoms with E-state index < -0.39 is 14.9 Å². The van der Waals surface area contributed by atoms with Crippen molar-refractivity contribution in [2.24, 2.45) is 5.10 Å². The molecule has 0 radical (unpaired) electrons. The Morgan fingerprint density at radius 2 is 1.76 bits per heavy atom. The molecule has 0 spiro atoms. The van der Waals surface area contributed by atoms with Gasteiger partial charge < -0.3 is 14.2 Å². The normalized spacial score (nSPS) is 14.1. The van der Waals surface area contributed by atoms with Crippen molar-refractivity contribution in [1.82, 2.24) is 14.1 Å². The molecule has 1 aliphatic heterocycles. The van der Waals surface area contributed by atoms with E-state index in [0.717, 1.165) is 17.3 Å². The molecule has 3 aromatic carbocycles. The van der Waals surface area contributed by atoms with E-state index in [0.29, 0.717) is 22.8 Å². The molecule has 0 aliphatic carbocycles. The molecule has 14 heteroatoms. The maximum Gasteiger partial charge on any atom is 0.270 e. The molecule has 0 saturated carbocycles. The van der Waals surface area contributed by atoms with Crippen LogP contribution in [0.15, 0.2) is 82.9 Å². The highest BCUT2D eigenvalue weighted by Crippen LogP contribution is 2.33. The van der Waals surface area contributed by atoms with E-state index in [1.165, 1.54) is 22.7 Å². The molecule has 1 aliphatic rings. The number of nitrogens with zero attached hydrogens (tertiary/aromatic N) is 5. The van der Waals surface area contributed by atoms with Crippen LogP contribution >= 0.6 is 0 Å². The van der Waals surface area contributed by atoms with Gasteiger partial charge in [-0.15, -0.1) is 0 Å². The molecule has 1 aromatic heterocycles. The zero-order valence-corrected chi connectivity index (χ0v) is 23.7. The monoisotopic (exact) mass is 592 g/mol. The van der Waals surface area contributed by atoms with Crippen molar-refractivity contribution < 1.29 is 27.6 Å². The third-order valence-electron chi connectivity index (χ3n) is 6.57. The van der Waals surface area contributed by atoms with E-state index in [9.17, 15) is 18.5 Å². The topological polar surface area (TPSA) is 150 Å². The summed E-state index contributed by atoms with van der Waals surface area (Å²) < 4.78 is 45.9. The van der Waals surface area contributed by atoms with Crippen molar-refractivity contribution in [3.05, 3.63) is 88.6 Å². The lowest BCUT2D eigenvalue weighted by Gasteiger charge is -2.26. The summed E-state index contributed by atoms with van der Waals surface area (Å²) in [4.78, 5) is 10.6. The second-order valence-electron chi connectivity index (χ2n) is 9.11. The van der Waals surface area contributed by atoms with E-state index in [1.807, 2.05) is 36.4 Å². The number of benzene rings is 3. The summed E-state index contributed by atoms with van der Waals surface area (Å²) in [5.41, 5.74) is 5.25. The number of sulfonamides is 1. The molecule has 4 aromatic rings. The summed E-state index contributed by atoms with van der Waals surface area (Å²) in [5.74, 6) is 1.09. The van der Waals surface area contributed by atoms with Gasteiger partial charge in [0.05, 0.1) is 49.9 Å². The lowest BCUT2D eigenvalue weighted by Crippen LogP contribution is -2.40. The highest BCUT2D eigenvalue weighted by atomic mass is 32.2. The molecule has 0 amide bonds. The predicted molar refractivity (Wildman–Crippen MR) is 156 cm³/mol. The van der Waals surface area contributed by atoms with Crippen LogP contribution in [-0.4, -0.2) is 74.2 Å². The van der Waals surface area contributed by atoms with Gasteiger partial charge in [-0.05, 0) is 36.4 Å². The Balaban J connectivity index is 1.52. The molecule has 0 bridgehead atoms. The fourth-order valence-electron chi connectivity index (χ4n) is 4.43. The number of rotatable bonds is 10. The molecule has 13 nitrogen and oxygen atoms in total. The fraction of sp³-hybridized carbons (Fsp3) is 0.214. The van der Waals surface area contributed by atoms with Crippen molar-refractivity contribution in [3.8, 4) is 28.4 Å². The number of para-hydroxylation sites is 1. The van der Waals surface area contributed by atoms with Crippen LogP contribution in [0.2, 0.25) is 0 Å². The summed E-state index contributed by atoms with van der Waals surface area (Å²) in [7, 11) is -0.973. The van der Waals surface area contributed by atoms with Gasteiger partial charge in [0.2, 0.25) is 10.0 Å². The number of aromatic nitrogens is 2. The maximum atomic E-state index is 13.4. The van der Waals surface area contributed by atoms with Crippen LogP contribution in [0.25, 0.3) is 16.9 Å². The Morgan fingerprint density at radius 3 is 2.45 bits per heavy atom. The molecule has 42 heavy (non-hydrogen) atoms. The van der Waals surface area contributed by atoms with Crippen LogP contribution in [0.1, 0.15) is 5.56 Å². The van der Waals surface area contributed by atoms with Gasteiger partial charge in [0.15, 0.2) is 11.5 Å². The minimum absolute atomic E-state index is 0.0893. The minimum atomic E-state index is -4.07. The third-order valence-corrected chi connectivity index (χ3v) is 8.51. The molecule has 0 atom stereocenters. The van der Waals surface area contributed by atoms with Gasteiger partial charge in [-0.25, -0.2) is 13.1 Å². The molecular formula is C28H28N6O7S. The fourth-order valence-corrected chi connectivity index (χ4v) is 6.00. The summed E-state index contributed by atoms with van der Waals surface area (Å²) in [6, 6.07) is 18.5. The van der Waals surface area contributed by atoms with Gasteiger partial charge in [-0.3, -0.25) is 15.5 Å². The summed E-state index contributed by atoms with van der Waals surface area (Å²) in [5, 5.41) is 20.5. The molecule has 1 saturated heterocycles. The number of non-ortho nitro benzene ring substituents is 1. The second kappa shape index (κ2) is 12.4. The van der Waals surface area contributed by atoms with E-state index in [-0.39, 0.29) is 42.6 Å². The average molecular weight is 593 g/mol. The van der Waals surface area contributed by atoms with Gasteiger partial charge >= 0.3 is 0 Å². The second-order valence-corrected chi connectivity index (χ2v) is 11.0. The number of hydrogen-bond acceptors (Lipinski definition) is 10. The molecule has 218 valence electrons. The quantitative estimate of drug-likeness (QED) is 0.164. The van der Waals surface area contributed by atoms with Crippen LogP contribution < -0.4 is 14.9 Å². The first-order chi connectivity index (χ1) is 20.3. The highest BCUT2D eigenvalue weighted by Gasteiger charge is 2.30. The Kier molecular flexibility index (Phi) is 8.47. The van der Waals surface area contributed by atoms with Gasteiger partial charge in [-0.2, -0.15) is 14.5 Å². The summed E-state index contributed by atoms with van der Waals surface area (Å²) in [6.07, 6.45) is 3.29. The third kappa shape index (κ3) is 5.95. The molecule has 1 fully saturated rings. The lowest BCUT2D eigenvalue weighted by molar-refractivity contribution is -0.385. The molecule has 5 rings (SSSR count). The van der Waals surface area contributed by atoms with Gasteiger partial charge in [0.1, 0.15) is 10.6 Å². The minimum Gasteiger partial charge on any atom is -0.493 e. The van der Waals surface area contributed by atoms with Crippen LogP contribution in [0.3, 0.4) is 0 Å². The molecule has 2 heterocycles. The maximum absolute atomic E-state index is 13.4. The number of nitrogens with one attached hydrogen (secondary N) is 1. The van der Waals surface area contributed by atoms with Crippen molar-refractivity contribution in [2.45, 2.75) is 4.90 Å². The van der Waals surface area contributed by atoms with E-state index >= 15 is 0 Å². The first-order valence-corrected chi connectivity index (χ1v) is 14.3. The standard InChI is InChI=1S/C28H28N6O7S/c1-39-25-11-8-20(16-26(25)40-2)28-21(19-33(31-28)22-6-4-3-5-7-22)18-29-30-24-10-9-23(34(35)36)17-27(24)42(37,38)32-12-14-41-15-13-32/h3-11,16-19,30H,12-15H2,1-2H3/b29-18-. The zero-order chi connectivity index (χ0) is 29.7. The number of nitro benzene ring substituents is 1. The number of hydrogen-bond donors (Lipinski definition) is 1. The number of methoxy groups -OCH3 is 2. The Labute approximate surface area is 242 Å². The molecule has 1 N–H and O–H groups in total. The number of hydrazone groups is 1. The van der Waals surface area contributed by atoms with Gasteiger partial charge in [0.25, 0.3) is 5.69 Å². The van der Waals surface area contributed by atoms with Crippen molar-refractivity contribution >= 4 is 27.6 Å². The number of nitro groups is 1. The zero-order valence-electron chi connectivity index (χ0n) is 22.8. The number of morpholine rings is 1. The SMILES string of the molecule is COc1ccc(-c2nn(-c3ccccc3)cc2/C=N\Nc2ccc([N+](=O)[O-])cc2S(=O)(=O)N2CCOCC2)cc1OC. The van der Waals surface area contributed by atoms with Crippen molar-refractivity contribution in [2.75, 3.05) is 45.9 Å². The average Bonchev–Trinajstić information content (AvgIpc) is 3.45. The lowest BCUT2D eigenvalue weighted by atomic mass is 10.1. The smallest absolute Gasteiger partial charge is 0.270 e. The van der Waals surface area contributed by atoms with Crippen LogP contribution in [0.5, 0.6) is 11.5 Å². The highest BCUT2D eigenvalue weighted by molar-refractivity contribution is 7.89. The first kappa shape index (κ1) is 28.7. The Hall–Kier alpha value is -4.79. The van der Waals surface area contributed by atoms with Gasteiger partial charge in [0, 0.05) is 42.5 Å². The van der Waals surface area contributed by atoms with Crippen molar-refractivity contribution in [1.29, 1.82) is 0 Å². The van der Waals surface area contributed by atoms with Crippen LogP contribution in [-0.2, 0) is 14.8 Å². The van der Waals surface area contributed by atoms with E-state index in [4.69, 9.17) is 19.3 Å². The van der Waals surface area contributed by atoms with Crippen LogP contribution in [0, 0.1) is 10.1 Å². The summed E-state index contributed by atoms with van der Waals surface area (Å²) in [6.45, 7) is 0.751. The Bertz CT molecular complexity index is 1720. The number of ether oxygens (including phenoxy) is 3. The number of anilines is 1. The Morgan fingerprint density at radius 1 is 1.02 bits per heavy atom.